The lowest BCUT2D eigenvalue weighted by atomic mass is 9.93. The van der Waals surface area contributed by atoms with E-state index < -0.39 is 0 Å². The van der Waals surface area contributed by atoms with Crippen molar-refractivity contribution in [3.05, 3.63) is 10.6 Å². The molecule has 0 aromatic carbocycles. The topological polar surface area (TPSA) is 37.4 Å². The summed E-state index contributed by atoms with van der Waals surface area (Å²) in [6, 6.07) is 0. The Hall–Kier alpha value is -0.650. The van der Waals surface area contributed by atoms with Crippen LogP contribution in [0.2, 0.25) is 0 Å². The van der Waals surface area contributed by atoms with E-state index in [2.05, 4.69) is 24.1 Å². The maximum atomic E-state index is 5.30. The van der Waals surface area contributed by atoms with Gasteiger partial charge in [0, 0.05) is 31.6 Å². The molecule has 0 atom stereocenters. The highest BCUT2D eigenvalue weighted by atomic mass is 32.1. The second kappa shape index (κ2) is 8.71. The molecule has 1 aliphatic rings. The van der Waals surface area contributed by atoms with Crippen molar-refractivity contribution < 1.29 is 4.74 Å². The van der Waals surface area contributed by atoms with Crippen LogP contribution < -0.4 is 10.2 Å². The standard InChI is InChI=1S/C16H29N3OS/c1-4-6-13-7-9-19(10-8-13)16-18-14(12-20-3)15(21-16)11-17-5-2/h13,17H,4-12H2,1-3H3. The third-order valence-electron chi connectivity index (χ3n) is 4.17. The molecule has 4 nitrogen and oxygen atoms in total. The molecule has 21 heavy (non-hydrogen) atoms. The normalized spacial score (nSPS) is 16.6. The molecule has 5 heteroatoms. The van der Waals surface area contributed by atoms with Crippen LogP contribution in [0.25, 0.3) is 0 Å². The predicted molar refractivity (Wildman–Crippen MR) is 90.1 cm³/mol. The van der Waals surface area contributed by atoms with E-state index in [1.165, 1.54) is 35.7 Å². The lowest BCUT2D eigenvalue weighted by Gasteiger charge is -2.31. The summed E-state index contributed by atoms with van der Waals surface area (Å²) in [6.07, 6.45) is 5.32. The lowest BCUT2D eigenvalue weighted by Crippen LogP contribution is -2.33. The lowest BCUT2D eigenvalue weighted by molar-refractivity contribution is 0.181. The number of hydrogen-bond donors (Lipinski definition) is 1. The van der Waals surface area contributed by atoms with Crippen LogP contribution in [0.1, 0.15) is 50.1 Å². The summed E-state index contributed by atoms with van der Waals surface area (Å²) in [5.41, 5.74) is 1.11. The van der Waals surface area contributed by atoms with E-state index in [0.717, 1.165) is 37.8 Å². The number of piperidine rings is 1. The smallest absolute Gasteiger partial charge is 0.185 e. The third kappa shape index (κ3) is 4.66. The minimum atomic E-state index is 0.615. The van der Waals surface area contributed by atoms with Gasteiger partial charge in [-0.05, 0) is 25.3 Å². The Morgan fingerprint density at radius 2 is 2.10 bits per heavy atom. The maximum Gasteiger partial charge on any atom is 0.185 e. The highest BCUT2D eigenvalue weighted by molar-refractivity contribution is 7.15. The molecule has 0 bridgehead atoms. The van der Waals surface area contributed by atoms with Crippen LogP contribution in [-0.2, 0) is 17.9 Å². The predicted octanol–water partition coefficient (Wildman–Crippen LogP) is 3.42. The molecule has 1 saturated heterocycles. The summed E-state index contributed by atoms with van der Waals surface area (Å²) in [4.78, 5) is 8.61. The molecule has 0 spiro atoms. The van der Waals surface area contributed by atoms with E-state index >= 15 is 0 Å². The average Bonchev–Trinajstić information content (AvgIpc) is 2.90. The molecule has 0 amide bonds. The molecule has 2 rings (SSSR count). The van der Waals surface area contributed by atoms with Gasteiger partial charge in [0.2, 0.25) is 0 Å². The van der Waals surface area contributed by atoms with Gasteiger partial charge in [0.1, 0.15) is 0 Å². The van der Waals surface area contributed by atoms with Gasteiger partial charge in [0.25, 0.3) is 0 Å². The van der Waals surface area contributed by atoms with Gasteiger partial charge in [-0.25, -0.2) is 4.98 Å². The average molecular weight is 311 g/mol. The minimum Gasteiger partial charge on any atom is -0.378 e. The summed E-state index contributed by atoms with van der Waals surface area (Å²) in [6.45, 7) is 9.24. The monoisotopic (exact) mass is 311 g/mol. The van der Waals surface area contributed by atoms with Crippen LogP contribution in [0.4, 0.5) is 5.13 Å². The molecule has 0 saturated carbocycles. The number of rotatable bonds is 8. The fourth-order valence-corrected chi connectivity index (χ4v) is 4.04. The van der Waals surface area contributed by atoms with Gasteiger partial charge in [0.05, 0.1) is 12.3 Å². The number of thiazole rings is 1. The molecule has 2 heterocycles. The first-order chi connectivity index (χ1) is 10.3. The summed E-state index contributed by atoms with van der Waals surface area (Å²) < 4.78 is 5.30. The number of aromatic nitrogens is 1. The number of hydrogen-bond acceptors (Lipinski definition) is 5. The molecule has 120 valence electrons. The first-order valence-electron chi connectivity index (χ1n) is 8.21. The first kappa shape index (κ1) is 16.7. The Balaban J connectivity index is 1.99. The number of anilines is 1. The second-order valence-electron chi connectivity index (χ2n) is 5.80. The van der Waals surface area contributed by atoms with E-state index in [-0.39, 0.29) is 0 Å². The van der Waals surface area contributed by atoms with Gasteiger partial charge >= 0.3 is 0 Å². The Morgan fingerprint density at radius 3 is 2.71 bits per heavy atom. The van der Waals surface area contributed by atoms with Crippen LogP contribution in [-0.4, -0.2) is 31.7 Å². The highest BCUT2D eigenvalue weighted by Gasteiger charge is 2.22. The number of nitrogens with one attached hydrogen (secondary N) is 1. The van der Waals surface area contributed by atoms with Crippen LogP contribution >= 0.6 is 11.3 Å². The zero-order valence-corrected chi connectivity index (χ0v) is 14.5. The van der Waals surface area contributed by atoms with Gasteiger partial charge in [0.15, 0.2) is 5.13 Å². The van der Waals surface area contributed by atoms with Crippen molar-refractivity contribution in [1.82, 2.24) is 10.3 Å². The zero-order valence-electron chi connectivity index (χ0n) is 13.7. The van der Waals surface area contributed by atoms with Gasteiger partial charge < -0.3 is 15.0 Å². The SMILES string of the molecule is CCCC1CCN(c2nc(COC)c(CNCC)s2)CC1. The van der Waals surface area contributed by atoms with Gasteiger partial charge in [-0.3, -0.25) is 0 Å². The molecule has 0 aliphatic carbocycles. The number of nitrogens with zero attached hydrogens (tertiary/aromatic N) is 2. The Morgan fingerprint density at radius 1 is 1.33 bits per heavy atom. The quantitative estimate of drug-likeness (QED) is 0.798. The molecule has 1 aliphatic heterocycles. The molecule has 1 fully saturated rings. The van der Waals surface area contributed by atoms with Crippen molar-refractivity contribution >= 4 is 16.5 Å². The largest absolute Gasteiger partial charge is 0.378 e. The highest BCUT2D eigenvalue weighted by Crippen LogP contribution is 2.31. The Bertz CT molecular complexity index is 414. The molecule has 0 unspecified atom stereocenters. The van der Waals surface area contributed by atoms with Gasteiger partial charge in [-0.1, -0.05) is 26.7 Å². The van der Waals surface area contributed by atoms with Crippen LogP contribution in [0, 0.1) is 5.92 Å². The Kier molecular flexibility index (Phi) is 6.93. The summed E-state index contributed by atoms with van der Waals surface area (Å²) in [5, 5.41) is 4.58. The van der Waals surface area contributed by atoms with Crippen LogP contribution in [0.3, 0.4) is 0 Å². The molecule has 1 aromatic rings. The van der Waals surface area contributed by atoms with Crippen molar-refractivity contribution in [2.45, 2.75) is 52.7 Å². The summed E-state index contributed by atoms with van der Waals surface area (Å²) >= 11 is 1.83. The van der Waals surface area contributed by atoms with Crippen molar-refractivity contribution in [2.24, 2.45) is 5.92 Å². The van der Waals surface area contributed by atoms with Crippen molar-refractivity contribution in [3.63, 3.8) is 0 Å². The van der Waals surface area contributed by atoms with E-state index in [1.807, 2.05) is 11.3 Å². The van der Waals surface area contributed by atoms with Crippen molar-refractivity contribution in [3.8, 4) is 0 Å². The van der Waals surface area contributed by atoms with Crippen molar-refractivity contribution in [2.75, 3.05) is 31.6 Å². The van der Waals surface area contributed by atoms with Gasteiger partial charge in [-0.2, -0.15) is 0 Å². The molecule has 1 N–H and O–H groups in total. The van der Waals surface area contributed by atoms with E-state index in [1.54, 1.807) is 7.11 Å². The summed E-state index contributed by atoms with van der Waals surface area (Å²) in [7, 11) is 1.74. The minimum absolute atomic E-state index is 0.615. The van der Waals surface area contributed by atoms with E-state index in [0.29, 0.717) is 6.61 Å². The first-order valence-corrected chi connectivity index (χ1v) is 9.03. The Labute approximate surface area is 132 Å². The number of ether oxygens (including phenoxy) is 1. The third-order valence-corrected chi connectivity index (χ3v) is 5.32. The van der Waals surface area contributed by atoms with Crippen LogP contribution in [0.15, 0.2) is 0 Å². The maximum absolute atomic E-state index is 5.30. The van der Waals surface area contributed by atoms with Crippen LogP contribution in [0.5, 0.6) is 0 Å². The fraction of sp³-hybridized carbons (Fsp3) is 0.812. The van der Waals surface area contributed by atoms with Gasteiger partial charge in [-0.15, -0.1) is 11.3 Å². The van der Waals surface area contributed by atoms with Crippen molar-refractivity contribution in [1.29, 1.82) is 0 Å². The zero-order chi connectivity index (χ0) is 15.1. The molecular weight excluding hydrogens is 282 g/mol. The molecule has 1 aromatic heterocycles. The number of methoxy groups -OCH3 is 1. The summed E-state index contributed by atoms with van der Waals surface area (Å²) in [5.74, 6) is 0.922. The second-order valence-corrected chi connectivity index (χ2v) is 6.86. The van der Waals surface area contributed by atoms with E-state index in [9.17, 15) is 0 Å². The molecular formula is C16H29N3OS. The fourth-order valence-electron chi connectivity index (χ4n) is 2.95. The molecule has 0 radical (unpaired) electrons. The van der Waals surface area contributed by atoms with E-state index in [4.69, 9.17) is 9.72 Å².